The van der Waals surface area contributed by atoms with E-state index in [1.54, 1.807) is 0 Å². The van der Waals surface area contributed by atoms with E-state index in [0.29, 0.717) is 0 Å². The summed E-state index contributed by atoms with van der Waals surface area (Å²) in [5.41, 5.74) is -0.179. The summed E-state index contributed by atoms with van der Waals surface area (Å²) in [6, 6.07) is 0.955. The molecule has 0 aliphatic rings. The highest BCUT2D eigenvalue weighted by Crippen LogP contribution is 2.25. The lowest BCUT2D eigenvalue weighted by Crippen LogP contribution is -2.06. The maximum atomic E-state index is 11.1. The van der Waals surface area contributed by atoms with Crippen molar-refractivity contribution in [3.63, 3.8) is 0 Å². The molecular weight excluding hydrogens is 178 g/mol. The van der Waals surface area contributed by atoms with Gasteiger partial charge in [0.25, 0.3) is 0 Å². The molecular formula is C7H9NO5. The fraction of sp³-hybridized carbons (Fsp3) is 0.286. The predicted molar refractivity (Wildman–Crippen MR) is 41.2 cm³/mol. The van der Waals surface area contributed by atoms with Crippen LogP contribution >= 0.6 is 0 Å². The van der Waals surface area contributed by atoms with Crippen molar-refractivity contribution in [2.45, 2.75) is 0 Å². The van der Waals surface area contributed by atoms with E-state index < -0.39 is 17.5 Å². The minimum Gasteiger partial charge on any atom is -0.492 e. The molecule has 0 aromatic carbocycles. The van der Waals surface area contributed by atoms with Gasteiger partial charge >= 0.3 is 0 Å². The molecule has 0 saturated heterocycles. The van der Waals surface area contributed by atoms with Gasteiger partial charge in [0.05, 0.1) is 5.56 Å². The molecule has 0 atom stereocenters. The van der Waals surface area contributed by atoms with Crippen molar-refractivity contribution < 1.29 is 25.0 Å². The highest BCUT2D eigenvalue weighted by molar-refractivity contribution is 5.99. The molecule has 0 fully saturated rings. The van der Waals surface area contributed by atoms with Crippen molar-refractivity contribution in [3.8, 4) is 11.8 Å². The summed E-state index contributed by atoms with van der Waals surface area (Å²) >= 11 is 0. The van der Waals surface area contributed by atoms with Crippen molar-refractivity contribution >= 4 is 5.78 Å². The lowest BCUT2D eigenvalue weighted by atomic mass is 10.2. The van der Waals surface area contributed by atoms with Gasteiger partial charge in [-0.2, -0.15) is 0 Å². The molecule has 6 nitrogen and oxygen atoms in total. The van der Waals surface area contributed by atoms with E-state index in [1.807, 2.05) is 0 Å². The number of aromatic nitrogens is 1. The fourth-order valence-electron chi connectivity index (χ4n) is 0.891. The smallest absolute Gasteiger partial charge is 0.240 e. The number of Topliss-reactive ketones (excluding diaryl/α,β-unsaturated/α-hetero) is 1. The highest BCUT2D eigenvalue weighted by Gasteiger charge is 2.18. The van der Waals surface area contributed by atoms with Gasteiger partial charge in [0.2, 0.25) is 11.8 Å². The topological polar surface area (TPSA) is 91.9 Å². The number of nitrogens with zero attached hydrogens (tertiary/aromatic N) is 1. The largest absolute Gasteiger partial charge is 0.492 e. The molecule has 13 heavy (non-hydrogen) atoms. The summed E-state index contributed by atoms with van der Waals surface area (Å²) in [5.74, 6) is -1.82. The Hall–Kier alpha value is -1.69. The van der Waals surface area contributed by atoms with Crippen molar-refractivity contribution in [2.75, 3.05) is 13.7 Å². The summed E-state index contributed by atoms with van der Waals surface area (Å²) in [5, 5.41) is 26.9. The molecule has 1 rings (SSSR count). The standard InChI is InChI=1S/C7H9NO5/c1-13-3-5(9)4-2-6(10)8(12)7(4)11/h2,10-12H,3H2,1H3. The van der Waals surface area contributed by atoms with Crippen LogP contribution in [0.2, 0.25) is 0 Å². The first-order valence-corrected chi connectivity index (χ1v) is 3.43. The van der Waals surface area contributed by atoms with Crippen LogP contribution in [0.5, 0.6) is 11.8 Å². The van der Waals surface area contributed by atoms with Gasteiger partial charge in [0.15, 0.2) is 5.78 Å². The summed E-state index contributed by atoms with van der Waals surface area (Å²) in [4.78, 5) is 11.1. The molecule has 0 saturated carbocycles. The molecule has 3 N–H and O–H groups in total. The Labute approximate surface area is 73.6 Å². The maximum Gasteiger partial charge on any atom is 0.240 e. The molecule has 0 spiro atoms. The third-order valence-electron chi connectivity index (χ3n) is 1.51. The second-order valence-corrected chi connectivity index (χ2v) is 2.41. The average Bonchev–Trinajstić information content (AvgIpc) is 2.33. The zero-order chi connectivity index (χ0) is 10.0. The van der Waals surface area contributed by atoms with E-state index in [9.17, 15) is 4.79 Å². The average molecular weight is 187 g/mol. The summed E-state index contributed by atoms with van der Waals surface area (Å²) in [6.07, 6.45) is 0. The molecule has 0 aliphatic heterocycles. The van der Waals surface area contributed by atoms with Crippen molar-refractivity contribution in [2.24, 2.45) is 0 Å². The van der Waals surface area contributed by atoms with Crippen LogP contribution in [-0.4, -0.2) is 39.7 Å². The Kier molecular flexibility index (Phi) is 2.43. The minimum absolute atomic E-state index is 0.114. The monoisotopic (exact) mass is 187 g/mol. The third kappa shape index (κ3) is 1.57. The van der Waals surface area contributed by atoms with E-state index in [1.165, 1.54) is 7.11 Å². The minimum atomic E-state index is -0.695. The Balaban J connectivity index is 3.01. The molecule has 0 amide bonds. The van der Waals surface area contributed by atoms with Gasteiger partial charge in [-0.05, 0) is 0 Å². The molecule has 0 aliphatic carbocycles. The lowest BCUT2D eigenvalue weighted by Gasteiger charge is -1.97. The molecule has 1 aromatic heterocycles. The predicted octanol–water partition coefficient (Wildman–Crippen LogP) is -0.0343. The molecule has 1 heterocycles. The van der Waals surface area contributed by atoms with Crippen LogP contribution < -0.4 is 0 Å². The zero-order valence-corrected chi connectivity index (χ0v) is 6.89. The normalized spacial score (nSPS) is 10.2. The lowest BCUT2D eigenvalue weighted by molar-refractivity contribution is 0.0837. The quantitative estimate of drug-likeness (QED) is 0.456. The van der Waals surface area contributed by atoms with Gasteiger partial charge in [-0.15, -0.1) is 4.73 Å². The first-order chi connectivity index (χ1) is 6.07. The molecule has 1 aromatic rings. The number of ketones is 1. The van der Waals surface area contributed by atoms with Crippen LogP contribution in [0.1, 0.15) is 10.4 Å². The molecule has 0 bridgehead atoms. The summed E-state index contributed by atoms with van der Waals surface area (Å²) < 4.78 is 4.64. The van der Waals surface area contributed by atoms with Crippen molar-refractivity contribution in [1.82, 2.24) is 4.73 Å². The van der Waals surface area contributed by atoms with Crippen LogP contribution in [-0.2, 0) is 4.74 Å². The van der Waals surface area contributed by atoms with E-state index in [-0.39, 0.29) is 16.9 Å². The van der Waals surface area contributed by atoms with Gasteiger partial charge in [0.1, 0.15) is 6.61 Å². The van der Waals surface area contributed by atoms with Gasteiger partial charge in [-0.3, -0.25) is 4.79 Å². The zero-order valence-electron chi connectivity index (χ0n) is 6.89. The number of rotatable bonds is 3. The van der Waals surface area contributed by atoms with Crippen LogP contribution in [0.25, 0.3) is 0 Å². The molecule has 0 radical (unpaired) electrons. The Morgan fingerprint density at radius 1 is 1.62 bits per heavy atom. The van der Waals surface area contributed by atoms with Crippen LogP contribution in [0.15, 0.2) is 6.07 Å². The Morgan fingerprint density at radius 2 is 2.23 bits per heavy atom. The third-order valence-corrected chi connectivity index (χ3v) is 1.51. The van der Waals surface area contributed by atoms with Gasteiger partial charge in [-0.25, -0.2) is 0 Å². The number of carbonyl (C=O) groups is 1. The van der Waals surface area contributed by atoms with Crippen molar-refractivity contribution in [1.29, 1.82) is 0 Å². The molecule has 72 valence electrons. The number of carbonyl (C=O) groups excluding carboxylic acids is 1. The van der Waals surface area contributed by atoms with Gasteiger partial charge in [0, 0.05) is 13.2 Å². The van der Waals surface area contributed by atoms with E-state index in [0.717, 1.165) is 6.07 Å². The van der Waals surface area contributed by atoms with E-state index in [2.05, 4.69) is 4.74 Å². The molecule has 0 unspecified atom stereocenters. The van der Waals surface area contributed by atoms with E-state index in [4.69, 9.17) is 15.4 Å². The fourth-order valence-corrected chi connectivity index (χ4v) is 0.891. The van der Waals surface area contributed by atoms with Crippen molar-refractivity contribution in [3.05, 3.63) is 11.6 Å². The van der Waals surface area contributed by atoms with E-state index >= 15 is 0 Å². The Morgan fingerprint density at radius 3 is 2.62 bits per heavy atom. The first-order valence-electron chi connectivity index (χ1n) is 3.43. The number of ether oxygens (including phenoxy) is 1. The number of hydrogen-bond donors (Lipinski definition) is 3. The number of hydrogen-bond acceptors (Lipinski definition) is 5. The highest BCUT2D eigenvalue weighted by atomic mass is 16.5. The molecule has 6 heteroatoms. The maximum absolute atomic E-state index is 11.1. The number of aromatic hydroxyl groups is 2. The second-order valence-electron chi connectivity index (χ2n) is 2.41. The second kappa shape index (κ2) is 3.36. The first kappa shape index (κ1) is 9.40. The van der Waals surface area contributed by atoms with Crippen LogP contribution in [0.3, 0.4) is 0 Å². The van der Waals surface area contributed by atoms with Gasteiger partial charge in [-0.1, -0.05) is 0 Å². The summed E-state index contributed by atoms with van der Waals surface area (Å²) in [6.45, 7) is -0.225. The van der Waals surface area contributed by atoms with Crippen LogP contribution in [0, 0.1) is 0 Å². The van der Waals surface area contributed by atoms with Crippen LogP contribution in [0.4, 0.5) is 0 Å². The number of methoxy groups -OCH3 is 1. The Bertz CT molecular complexity index is 330. The SMILES string of the molecule is COCC(=O)c1cc(O)n(O)c1O. The van der Waals surface area contributed by atoms with Gasteiger partial charge < -0.3 is 20.2 Å². The summed E-state index contributed by atoms with van der Waals surface area (Å²) in [7, 11) is 1.32.